The van der Waals surface area contributed by atoms with E-state index < -0.39 is 29.2 Å². The molecule has 13 heteroatoms. The van der Waals surface area contributed by atoms with Crippen LogP contribution >= 0.6 is 0 Å². The van der Waals surface area contributed by atoms with E-state index in [0.29, 0.717) is 28.9 Å². The van der Waals surface area contributed by atoms with E-state index in [9.17, 15) is 18.4 Å². The summed E-state index contributed by atoms with van der Waals surface area (Å²) in [4.78, 5) is 33.5. The Balaban J connectivity index is 1.61. The van der Waals surface area contributed by atoms with Crippen molar-refractivity contribution in [3.05, 3.63) is 47.4 Å². The zero-order valence-corrected chi connectivity index (χ0v) is 21.6. The number of nitrogens with one attached hydrogen (secondary N) is 4. The lowest BCUT2D eigenvalue weighted by molar-refractivity contribution is 0.0533. The van der Waals surface area contributed by atoms with Gasteiger partial charge in [0.15, 0.2) is 5.82 Å². The van der Waals surface area contributed by atoms with E-state index in [-0.39, 0.29) is 30.1 Å². The van der Waals surface area contributed by atoms with Crippen molar-refractivity contribution in [2.75, 3.05) is 24.4 Å². The van der Waals surface area contributed by atoms with E-state index in [2.05, 4.69) is 37.8 Å². The first kappa shape index (κ1) is 27.2. The Morgan fingerprint density at radius 1 is 1.21 bits per heavy atom. The van der Waals surface area contributed by atoms with Crippen molar-refractivity contribution >= 4 is 34.7 Å². The third-order valence-electron chi connectivity index (χ3n) is 6.30. The zero-order chi connectivity index (χ0) is 27.4. The summed E-state index contributed by atoms with van der Waals surface area (Å²) in [5.41, 5.74) is 2.99. The third kappa shape index (κ3) is 6.00. The van der Waals surface area contributed by atoms with Crippen molar-refractivity contribution in [2.24, 2.45) is 0 Å². The summed E-state index contributed by atoms with van der Waals surface area (Å²) in [6.07, 6.45) is 5.36. The highest BCUT2D eigenvalue weighted by Gasteiger charge is 2.24. The molecule has 2 aromatic heterocycles. The van der Waals surface area contributed by atoms with Gasteiger partial charge in [-0.1, -0.05) is 20.3 Å². The van der Waals surface area contributed by atoms with Crippen LogP contribution in [-0.2, 0) is 9.57 Å². The van der Waals surface area contributed by atoms with Gasteiger partial charge in [0.05, 0.1) is 30.2 Å². The number of ether oxygens (including phenoxy) is 1. The van der Waals surface area contributed by atoms with Gasteiger partial charge in [-0.05, 0) is 31.7 Å². The zero-order valence-electron chi connectivity index (χ0n) is 21.6. The van der Waals surface area contributed by atoms with E-state index in [4.69, 9.17) is 4.74 Å². The number of aromatic nitrogens is 3. The van der Waals surface area contributed by atoms with Crippen molar-refractivity contribution in [3.8, 4) is 0 Å². The Labute approximate surface area is 218 Å². The van der Waals surface area contributed by atoms with Crippen LogP contribution < -0.4 is 21.4 Å². The number of anilines is 3. The number of rotatable bonds is 8. The lowest BCUT2D eigenvalue weighted by Gasteiger charge is -2.28. The van der Waals surface area contributed by atoms with Crippen LogP contribution in [0.25, 0.3) is 5.52 Å². The van der Waals surface area contributed by atoms with Crippen LogP contribution in [0.15, 0.2) is 24.7 Å². The van der Waals surface area contributed by atoms with E-state index >= 15 is 0 Å². The standard InChI is InChI=1S/C25H31F2N7O4/c1-13(2)21-20(32-25(36)38-11-15-7-5-6-14(3)30-15)10-34-22(21)23(28-12-29-34)31-19-8-16(24(35)33-37-4)17(26)9-18(19)27/h8-10,12-15,30H,5-7,11H2,1-4H3,(H,32,36)(H,33,35)(H,28,29,31). The highest BCUT2D eigenvalue weighted by atomic mass is 19.1. The molecular formula is C25H31F2N7O4. The van der Waals surface area contributed by atoms with Gasteiger partial charge in [0, 0.05) is 23.7 Å². The van der Waals surface area contributed by atoms with Crippen molar-refractivity contribution < 1.29 is 27.9 Å². The number of halogens is 2. The van der Waals surface area contributed by atoms with Crippen LogP contribution in [-0.4, -0.2) is 52.4 Å². The average Bonchev–Trinajstić information content (AvgIpc) is 3.23. The highest BCUT2D eigenvalue weighted by Crippen LogP contribution is 2.35. The second-order valence-electron chi connectivity index (χ2n) is 9.50. The largest absolute Gasteiger partial charge is 0.448 e. The van der Waals surface area contributed by atoms with Crippen LogP contribution in [0.5, 0.6) is 0 Å². The lowest BCUT2D eigenvalue weighted by atomic mass is 10.0. The second-order valence-corrected chi connectivity index (χ2v) is 9.50. The molecule has 0 bridgehead atoms. The molecule has 0 saturated carbocycles. The predicted molar refractivity (Wildman–Crippen MR) is 136 cm³/mol. The average molecular weight is 532 g/mol. The molecule has 2 atom stereocenters. The summed E-state index contributed by atoms with van der Waals surface area (Å²) in [7, 11) is 1.20. The molecule has 1 aliphatic rings. The Bertz CT molecular complexity index is 1330. The third-order valence-corrected chi connectivity index (χ3v) is 6.30. The lowest BCUT2D eigenvalue weighted by Crippen LogP contribution is -2.43. The minimum absolute atomic E-state index is 0.102. The number of nitrogens with zero attached hydrogens (tertiary/aromatic N) is 3. The van der Waals surface area contributed by atoms with E-state index in [1.54, 1.807) is 6.20 Å². The second kappa shape index (κ2) is 11.7. The van der Waals surface area contributed by atoms with E-state index in [1.165, 1.54) is 18.0 Å². The molecular weight excluding hydrogens is 500 g/mol. The predicted octanol–water partition coefficient (Wildman–Crippen LogP) is 4.24. The van der Waals surface area contributed by atoms with Gasteiger partial charge in [-0.2, -0.15) is 5.10 Å². The number of benzene rings is 1. The minimum atomic E-state index is -1.05. The number of hydroxylamine groups is 1. The van der Waals surface area contributed by atoms with Crippen molar-refractivity contribution in [1.29, 1.82) is 0 Å². The van der Waals surface area contributed by atoms with Crippen LogP contribution in [0.3, 0.4) is 0 Å². The summed E-state index contributed by atoms with van der Waals surface area (Å²) in [6, 6.07) is 2.10. The summed E-state index contributed by atoms with van der Waals surface area (Å²) in [5.74, 6) is -2.78. The first-order valence-corrected chi connectivity index (χ1v) is 12.3. The summed E-state index contributed by atoms with van der Waals surface area (Å²) >= 11 is 0. The number of carbonyl (C=O) groups excluding carboxylic acids is 2. The molecule has 38 heavy (non-hydrogen) atoms. The molecule has 1 aromatic carbocycles. The van der Waals surface area contributed by atoms with Gasteiger partial charge in [-0.15, -0.1) is 0 Å². The fourth-order valence-electron chi connectivity index (χ4n) is 4.60. The van der Waals surface area contributed by atoms with E-state index in [0.717, 1.165) is 25.3 Å². The van der Waals surface area contributed by atoms with Crippen LogP contribution in [0.4, 0.5) is 30.8 Å². The van der Waals surface area contributed by atoms with Crippen LogP contribution in [0.2, 0.25) is 0 Å². The van der Waals surface area contributed by atoms with Crippen molar-refractivity contribution in [1.82, 2.24) is 25.4 Å². The molecule has 2 amide bonds. The Kier molecular flexibility index (Phi) is 8.37. The molecule has 1 fully saturated rings. The number of fused-ring (bicyclic) bond motifs is 1. The fourth-order valence-corrected chi connectivity index (χ4v) is 4.60. The molecule has 2 unspecified atom stereocenters. The topological polar surface area (TPSA) is 131 Å². The molecule has 0 spiro atoms. The maximum absolute atomic E-state index is 14.7. The van der Waals surface area contributed by atoms with Gasteiger partial charge in [0.25, 0.3) is 5.91 Å². The summed E-state index contributed by atoms with van der Waals surface area (Å²) in [6.45, 7) is 6.19. The molecule has 204 valence electrons. The summed E-state index contributed by atoms with van der Waals surface area (Å²) in [5, 5.41) is 13.3. The normalized spacial score (nSPS) is 17.4. The molecule has 1 saturated heterocycles. The minimum Gasteiger partial charge on any atom is -0.448 e. The monoisotopic (exact) mass is 531 g/mol. The number of hydrogen-bond acceptors (Lipinski definition) is 8. The number of piperidine rings is 1. The maximum atomic E-state index is 14.7. The number of amides is 2. The molecule has 0 radical (unpaired) electrons. The highest BCUT2D eigenvalue weighted by molar-refractivity contribution is 5.95. The van der Waals surface area contributed by atoms with Crippen LogP contribution in [0.1, 0.15) is 61.9 Å². The Hall–Kier alpha value is -3.84. The quantitative estimate of drug-likeness (QED) is 0.318. The Morgan fingerprint density at radius 3 is 2.71 bits per heavy atom. The molecule has 11 nitrogen and oxygen atoms in total. The number of hydrogen-bond donors (Lipinski definition) is 4. The molecule has 3 aromatic rings. The molecule has 4 N–H and O–H groups in total. The molecule has 4 rings (SSSR count). The van der Waals surface area contributed by atoms with Gasteiger partial charge in [0.1, 0.15) is 30.1 Å². The van der Waals surface area contributed by atoms with Crippen molar-refractivity contribution in [3.63, 3.8) is 0 Å². The van der Waals surface area contributed by atoms with Gasteiger partial charge < -0.3 is 15.4 Å². The Morgan fingerprint density at radius 2 is 2.00 bits per heavy atom. The molecule has 0 aliphatic carbocycles. The number of carbonyl (C=O) groups is 2. The molecule has 3 heterocycles. The first-order chi connectivity index (χ1) is 18.2. The molecule has 1 aliphatic heterocycles. The van der Waals surface area contributed by atoms with E-state index in [1.807, 2.05) is 19.3 Å². The van der Waals surface area contributed by atoms with Crippen LogP contribution in [0, 0.1) is 11.6 Å². The fraction of sp³-hybridized carbons (Fsp3) is 0.440. The van der Waals surface area contributed by atoms with Gasteiger partial charge in [-0.25, -0.2) is 28.6 Å². The first-order valence-electron chi connectivity index (χ1n) is 12.3. The summed E-state index contributed by atoms with van der Waals surface area (Å²) < 4.78 is 35.8. The smallest absolute Gasteiger partial charge is 0.411 e. The SMILES string of the molecule is CONC(=O)c1cc(Nc2ncnn3cc(NC(=O)OCC4CCCC(C)N4)c(C(C)C)c23)c(F)cc1F. The van der Waals surface area contributed by atoms with Gasteiger partial charge >= 0.3 is 6.09 Å². The van der Waals surface area contributed by atoms with Gasteiger partial charge in [-0.3, -0.25) is 14.9 Å². The van der Waals surface area contributed by atoms with Gasteiger partial charge in [0.2, 0.25) is 0 Å². The van der Waals surface area contributed by atoms with Crippen molar-refractivity contribution in [2.45, 2.75) is 58.0 Å². The maximum Gasteiger partial charge on any atom is 0.411 e.